The number of amides is 1. The van der Waals surface area contributed by atoms with E-state index in [9.17, 15) is 4.79 Å². The number of nitrogens with two attached hydrogens (primary N) is 1. The van der Waals surface area contributed by atoms with Crippen LogP contribution in [0.15, 0.2) is 42.5 Å². The van der Waals surface area contributed by atoms with E-state index >= 15 is 0 Å². The average molecular weight is 280 g/mol. The fourth-order valence-corrected chi connectivity index (χ4v) is 2.82. The summed E-state index contributed by atoms with van der Waals surface area (Å²) in [6.45, 7) is 2.77. The second kappa shape index (κ2) is 5.60. The van der Waals surface area contributed by atoms with Gasteiger partial charge in [0.05, 0.1) is 6.54 Å². The van der Waals surface area contributed by atoms with E-state index in [4.69, 9.17) is 5.73 Å². The van der Waals surface area contributed by atoms with Gasteiger partial charge in [0.25, 0.3) is 0 Å². The Bertz CT molecular complexity index is 661. The van der Waals surface area contributed by atoms with Crippen LogP contribution in [0.3, 0.4) is 0 Å². The third kappa shape index (κ3) is 2.77. The molecule has 1 amide bonds. The highest BCUT2D eigenvalue weighted by Crippen LogP contribution is 2.30. The number of carbonyl (C=O) groups excluding carboxylic acids is 1. The van der Waals surface area contributed by atoms with Crippen molar-refractivity contribution in [1.82, 2.24) is 0 Å². The Morgan fingerprint density at radius 2 is 1.76 bits per heavy atom. The van der Waals surface area contributed by atoms with Gasteiger partial charge in [-0.2, -0.15) is 0 Å². The van der Waals surface area contributed by atoms with Crippen molar-refractivity contribution >= 4 is 17.3 Å². The second-order valence-corrected chi connectivity index (χ2v) is 5.54. The van der Waals surface area contributed by atoms with E-state index < -0.39 is 0 Å². The predicted octanol–water partition coefficient (Wildman–Crippen LogP) is 3.31. The summed E-state index contributed by atoms with van der Waals surface area (Å²) in [5.41, 5.74) is 11.2. The predicted molar refractivity (Wildman–Crippen MR) is 86.2 cm³/mol. The highest BCUT2D eigenvalue weighted by molar-refractivity contribution is 5.96. The van der Waals surface area contributed by atoms with Crippen LogP contribution in [0, 0.1) is 0 Å². The van der Waals surface area contributed by atoms with Gasteiger partial charge in [-0.1, -0.05) is 31.2 Å². The Labute approximate surface area is 125 Å². The number of anilines is 2. The molecule has 0 aliphatic carbocycles. The molecule has 2 aromatic carbocycles. The Morgan fingerprint density at radius 3 is 2.48 bits per heavy atom. The topological polar surface area (TPSA) is 46.3 Å². The van der Waals surface area contributed by atoms with E-state index in [0.717, 1.165) is 29.8 Å². The van der Waals surface area contributed by atoms with Crippen molar-refractivity contribution in [3.63, 3.8) is 0 Å². The minimum Gasteiger partial charge on any atom is -0.399 e. The van der Waals surface area contributed by atoms with E-state index in [1.807, 2.05) is 23.1 Å². The van der Waals surface area contributed by atoms with Crippen LogP contribution in [0.4, 0.5) is 11.4 Å². The highest BCUT2D eigenvalue weighted by Gasteiger charge is 2.24. The van der Waals surface area contributed by atoms with Gasteiger partial charge in [0.15, 0.2) is 0 Å². The SMILES string of the molecule is CCc1ccc(CN2C(=O)CCc3cc(N)ccc32)cc1. The number of hydrogen-bond acceptors (Lipinski definition) is 2. The molecule has 0 saturated carbocycles. The zero-order valence-corrected chi connectivity index (χ0v) is 12.3. The molecule has 0 radical (unpaired) electrons. The lowest BCUT2D eigenvalue weighted by atomic mass is 9.99. The first-order valence-corrected chi connectivity index (χ1v) is 7.44. The molecule has 0 bridgehead atoms. The van der Waals surface area contributed by atoms with Crippen molar-refractivity contribution < 1.29 is 4.79 Å². The van der Waals surface area contributed by atoms with Gasteiger partial charge >= 0.3 is 0 Å². The maximum Gasteiger partial charge on any atom is 0.227 e. The summed E-state index contributed by atoms with van der Waals surface area (Å²) in [5, 5.41) is 0. The van der Waals surface area contributed by atoms with Gasteiger partial charge < -0.3 is 10.6 Å². The van der Waals surface area contributed by atoms with Gasteiger partial charge in [0.2, 0.25) is 5.91 Å². The number of carbonyl (C=O) groups is 1. The molecule has 0 saturated heterocycles. The van der Waals surface area contributed by atoms with Crippen molar-refractivity contribution in [3.05, 3.63) is 59.2 Å². The zero-order valence-electron chi connectivity index (χ0n) is 12.3. The number of nitrogen functional groups attached to an aromatic ring is 1. The van der Waals surface area contributed by atoms with Crippen molar-refractivity contribution in [3.8, 4) is 0 Å². The average Bonchev–Trinajstić information content (AvgIpc) is 2.51. The van der Waals surface area contributed by atoms with E-state index in [1.165, 1.54) is 11.1 Å². The van der Waals surface area contributed by atoms with E-state index in [0.29, 0.717) is 13.0 Å². The molecular formula is C18H20N2O. The van der Waals surface area contributed by atoms with Crippen LogP contribution in [0.25, 0.3) is 0 Å². The molecule has 0 unspecified atom stereocenters. The third-order valence-corrected chi connectivity index (χ3v) is 4.08. The first-order chi connectivity index (χ1) is 10.2. The summed E-state index contributed by atoms with van der Waals surface area (Å²) in [6, 6.07) is 14.3. The van der Waals surface area contributed by atoms with Gasteiger partial charge in [0, 0.05) is 17.8 Å². The van der Waals surface area contributed by atoms with Crippen LogP contribution in [-0.4, -0.2) is 5.91 Å². The molecule has 3 heteroatoms. The molecule has 1 aliphatic rings. The highest BCUT2D eigenvalue weighted by atomic mass is 16.2. The normalized spacial score (nSPS) is 14.1. The number of aryl methyl sites for hydroxylation is 2. The van der Waals surface area contributed by atoms with E-state index in [1.54, 1.807) is 0 Å². The van der Waals surface area contributed by atoms with Crippen LogP contribution >= 0.6 is 0 Å². The third-order valence-electron chi connectivity index (χ3n) is 4.08. The van der Waals surface area contributed by atoms with Crippen LogP contribution in [0.5, 0.6) is 0 Å². The number of fused-ring (bicyclic) bond motifs is 1. The van der Waals surface area contributed by atoms with E-state index in [-0.39, 0.29) is 5.91 Å². The molecule has 1 aliphatic heterocycles. The number of hydrogen-bond donors (Lipinski definition) is 1. The smallest absolute Gasteiger partial charge is 0.227 e. The zero-order chi connectivity index (χ0) is 14.8. The first-order valence-electron chi connectivity index (χ1n) is 7.44. The number of rotatable bonds is 3. The Morgan fingerprint density at radius 1 is 1.05 bits per heavy atom. The minimum atomic E-state index is 0.187. The van der Waals surface area contributed by atoms with E-state index in [2.05, 4.69) is 31.2 Å². The summed E-state index contributed by atoms with van der Waals surface area (Å²) >= 11 is 0. The summed E-state index contributed by atoms with van der Waals surface area (Å²) in [6.07, 6.45) is 2.37. The molecule has 21 heavy (non-hydrogen) atoms. The minimum absolute atomic E-state index is 0.187. The molecule has 3 nitrogen and oxygen atoms in total. The van der Waals surface area contributed by atoms with Gasteiger partial charge in [0.1, 0.15) is 0 Å². The molecule has 0 aromatic heterocycles. The van der Waals surface area contributed by atoms with Crippen molar-refractivity contribution in [1.29, 1.82) is 0 Å². The molecular weight excluding hydrogens is 260 g/mol. The summed E-state index contributed by atoms with van der Waals surface area (Å²) in [5.74, 6) is 0.187. The monoisotopic (exact) mass is 280 g/mol. The first kappa shape index (κ1) is 13.7. The van der Waals surface area contributed by atoms with Gasteiger partial charge in [-0.25, -0.2) is 0 Å². The Hall–Kier alpha value is -2.29. The molecule has 0 spiro atoms. The quantitative estimate of drug-likeness (QED) is 0.877. The molecule has 1 heterocycles. The largest absolute Gasteiger partial charge is 0.399 e. The summed E-state index contributed by atoms with van der Waals surface area (Å²) in [4.78, 5) is 14.1. The molecule has 108 valence electrons. The molecule has 0 fully saturated rings. The molecule has 2 N–H and O–H groups in total. The molecule has 2 aromatic rings. The van der Waals surface area contributed by atoms with Crippen molar-refractivity contribution in [2.45, 2.75) is 32.7 Å². The van der Waals surface area contributed by atoms with Gasteiger partial charge in [-0.15, -0.1) is 0 Å². The number of nitrogens with zero attached hydrogens (tertiary/aromatic N) is 1. The second-order valence-electron chi connectivity index (χ2n) is 5.54. The number of benzene rings is 2. The molecule has 3 rings (SSSR count). The van der Waals surface area contributed by atoms with Crippen LogP contribution in [0.2, 0.25) is 0 Å². The lowest BCUT2D eigenvalue weighted by Gasteiger charge is -2.29. The van der Waals surface area contributed by atoms with Crippen molar-refractivity contribution in [2.24, 2.45) is 0 Å². The summed E-state index contributed by atoms with van der Waals surface area (Å²) < 4.78 is 0. The maximum atomic E-state index is 12.3. The van der Waals surface area contributed by atoms with Crippen molar-refractivity contribution in [2.75, 3.05) is 10.6 Å². The van der Waals surface area contributed by atoms with Gasteiger partial charge in [-0.3, -0.25) is 4.79 Å². The lowest BCUT2D eigenvalue weighted by molar-refractivity contribution is -0.119. The van der Waals surface area contributed by atoms with Crippen LogP contribution in [0.1, 0.15) is 30.0 Å². The fourth-order valence-electron chi connectivity index (χ4n) is 2.82. The maximum absolute atomic E-state index is 12.3. The Balaban J connectivity index is 1.89. The molecule has 0 atom stereocenters. The van der Waals surface area contributed by atoms with Crippen LogP contribution in [-0.2, 0) is 24.2 Å². The standard InChI is InChI=1S/C18H20N2O/c1-2-13-3-5-14(6-4-13)12-20-17-9-8-16(19)11-15(17)7-10-18(20)21/h3-6,8-9,11H,2,7,10,12,19H2,1H3. The fraction of sp³-hybridized carbons (Fsp3) is 0.278. The van der Waals surface area contributed by atoms with Gasteiger partial charge in [-0.05, 0) is 47.7 Å². The Kier molecular flexibility index (Phi) is 3.65. The lowest BCUT2D eigenvalue weighted by Crippen LogP contribution is -2.34. The summed E-state index contributed by atoms with van der Waals surface area (Å²) in [7, 11) is 0. The van der Waals surface area contributed by atoms with Crippen LogP contribution < -0.4 is 10.6 Å².